The smallest absolute Gasteiger partial charge is 0.226 e. The number of aldehydes is 1. The summed E-state index contributed by atoms with van der Waals surface area (Å²) in [5.74, 6) is 0.252. The van der Waals surface area contributed by atoms with Crippen molar-refractivity contribution in [3.05, 3.63) is 48.0 Å². The molecule has 3 aromatic carbocycles. The van der Waals surface area contributed by atoms with E-state index in [0.717, 1.165) is 91.2 Å². The Kier molecular flexibility index (Phi) is 6.55. The number of nitrogens with one attached hydrogen (secondary N) is 2. The second kappa shape index (κ2) is 9.89. The van der Waals surface area contributed by atoms with Crippen molar-refractivity contribution in [2.45, 2.75) is 19.3 Å². The molecule has 6 heteroatoms. The van der Waals surface area contributed by atoms with Gasteiger partial charge in [-0.15, -0.1) is 0 Å². The van der Waals surface area contributed by atoms with Gasteiger partial charge in [0.25, 0.3) is 0 Å². The zero-order chi connectivity index (χ0) is 22.6. The van der Waals surface area contributed by atoms with Gasteiger partial charge in [0.05, 0.1) is 13.2 Å². The van der Waals surface area contributed by atoms with Gasteiger partial charge in [-0.2, -0.15) is 0 Å². The number of hydrogen-bond donors (Lipinski definition) is 2. The quantitative estimate of drug-likeness (QED) is 0.159. The van der Waals surface area contributed by atoms with Gasteiger partial charge in [-0.05, 0) is 60.7 Å². The van der Waals surface area contributed by atoms with E-state index >= 15 is 0 Å². The third kappa shape index (κ3) is 4.87. The lowest BCUT2D eigenvalue weighted by atomic mass is 9.92. The molecule has 1 aliphatic heterocycles. The number of ether oxygens (including phenoxy) is 1. The molecule has 5 rings (SSSR count). The van der Waals surface area contributed by atoms with Crippen LogP contribution < -0.4 is 10.6 Å². The van der Waals surface area contributed by atoms with E-state index in [0.29, 0.717) is 11.8 Å². The predicted molar refractivity (Wildman–Crippen MR) is 133 cm³/mol. The Balaban J connectivity index is 1.50. The molecule has 3 aromatic rings. The van der Waals surface area contributed by atoms with Gasteiger partial charge in [-0.3, -0.25) is 14.5 Å². The maximum atomic E-state index is 12.9. The Morgan fingerprint density at radius 3 is 2.61 bits per heavy atom. The monoisotopic (exact) mass is 445 g/mol. The minimum Gasteiger partial charge on any atom is -0.384 e. The third-order valence-electron chi connectivity index (χ3n) is 6.73. The van der Waals surface area contributed by atoms with Crippen LogP contribution >= 0.6 is 0 Å². The number of Topliss-reactive ketones (excluding diaryl/α,β-unsaturated/α-hetero) is 1. The average Bonchev–Trinajstić information content (AvgIpc) is 3.69. The van der Waals surface area contributed by atoms with E-state index in [-0.39, 0.29) is 0 Å². The topological polar surface area (TPSA) is 70.7 Å². The number of carbonyl (C=O) groups is 2. The highest BCUT2D eigenvalue weighted by atomic mass is 16.5. The van der Waals surface area contributed by atoms with E-state index in [9.17, 15) is 9.59 Å². The molecule has 2 fully saturated rings. The van der Waals surface area contributed by atoms with Gasteiger partial charge in [0.1, 0.15) is 0 Å². The van der Waals surface area contributed by atoms with Crippen molar-refractivity contribution in [2.24, 2.45) is 5.92 Å². The van der Waals surface area contributed by atoms with E-state index < -0.39 is 5.78 Å². The van der Waals surface area contributed by atoms with Crippen LogP contribution in [0, 0.1) is 5.92 Å². The fourth-order valence-corrected chi connectivity index (χ4v) is 4.72. The Morgan fingerprint density at radius 2 is 1.82 bits per heavy atom. The van der Waals surface area contributed by atoms with Crippen LogP contribution in [0.5, 0.6) is 0 Å². The summed E-state index contributed by atoms with van der Waals surface area (Å²) in [5.41, 5.74) is 2.41. The first-order valence-corrected chi connectivity index (χ1v) is 12.0. The first-order chi connectivity index (χ1) is 16.2. The summed E-state index contributed by atoms with van der Waals surface area (Å²) in [4.78, 5) is 26.9. The summed E-state index contributed by atoms with van der Waals surface area (Å²) in [6.07, 6.45) is 3.97. The maximum absolute atomic E-state index is 12.9. The molecule has 172 valence electrons. The van der Waals surface area contributed by atoms with Crippen LogP contribution in [0.4, 0.5) is 11.4 Å². The first-order valence-electron chi connectivity index (χ1n) is 12.0. The number of benzene rings is 3. The second-order valence-electron chi connectivity index (χ2n) is 9.10. The van der Waals surface area contributed by atoms with Gasteiger partial charge in [-0.1, -0.05) is 24.3 Å². The predicted octanol–water partition coefficient (Wildman–Crippen LogP) is 4.33. The number of nitrogens with zero attached hydrogens (tertiary/aromatic N) is 1. The lowest BCUT2D eigenvalue weighted by Gasteiger charge is -2.26. The molecule has 0 aromatic heterocycles. The molecule has 1 heterocycles. The lowest BCUT2D eigenvalue weighted by molar-refractivity contribution is -0.104. The van der Waals surface area contributed by atoms with Crippen LogP contribution in [0.2, 0.25) is 0 Å². The second-order valence-corrected chi connectivity index (χ2v) is 9.10. The summed E-state index contributed by atoms with van der Waals surface area (Å²) in [6.45, 7) is 6.31. The van der Waals surface area contributed by atoms with Crippen molar-refractivity contribution in [3.8, 4) is 0 Å². The molecule has 1 aliphatic carbocycles. The SMILES string of the molecule is O=CC(=O)c1c2ccccc2cc2c(NCC3CC3)ccc(NCCCN3CCOCC3)c12. The summed E-state index contributed by atoms with van der Waals surface area (Å²) in [5, 5.41) is 10.8. The molecule has 2 N–H and O–H groups in total. The highest BCUT2D eigenvalue weighted by molar-refractivity contribution is 6.41. The minimum absolute atomic E-state index is 0.438. The van der Waals surface area contributed by atoms with Crippen LogP contribution in [-0.4, -0.2) is 62.9 Å². The molecule has 6 nitrogen and oxygen atoms in total. The van der Waals surface area contributed by atoms with Gasteiger partial charge >= 0.3 is 0 Å². The van der Waals surface area contributed by atoms with Gasteiger partial charge in [0.15, 0.2) is 6.29 Å². The van der Waals surface area contributed by atoms with Crippen LogP contribution in [-0.2, 0) is 9.53 Å². The highest BCUT2D eigenvalue weighted by Crippen LogP contribution is 2.38. The lowest BCUT2D eigenvalue weighted by Crippen LogP contribution is -2.37. The van der Waals surface area contributed by atoms with Crippen molar-refractivity contribution < 1.29 is 14.3 Å². The number of anilines is 2. The summed E-state index contributed by atoms with van der Waals surface area (Å²) in [7, 11) is 0. The Morgan fingerprint density at radius 1 is 1.03 bits per heavy atom. The zero-order valence-corrected chi connectivity index (χ0v) is 18.9. The van der Waals surface area contributed by atoms with Crippen molar-refractivity contribution in [1.82, 2.24) is 4.90 Å². The van der Waals surface area contributed by atoms with Crippen LogP contribution in [0.3, 0.4) is 0 Å². The fourth-order valence-electron chi connectivity index (χ4n) is 4.72. The van der Waals surface area contributed by atoms with Crippen molar-refractivity contribution in [1.29, 1.82) is 0 Å². The van der Waals surface area contributed by atoms with E-state index in [2.05, 4.69) is 27.7 Å². The fraction of sp³-hybridized carbons (Fsp3) is 0.407. The summed E-state index contributed by atoms with van der Waals surface area (Å²) >= 11 is 0. The number of hydrogen-bond acceptors (Lipinski definition) is 6. The minimum atomic E-state index is -0.479. The van der Waals surface area contributed by atoms with E-state index in [1.54, 1.807) is 0 Å². The molecule has 0 amide bonds. The number of carbonyl (C=O) groups excluding carboxylic acids is 2. The average molecular weight is 446 g/mol. The van der Waals surface area contributed by atoms with Gasteiger partial charge in [0.2, 0.25) is 5.78 Å². The molecule has 0 atom stereocenters. The van der Waals surface area contributed by atoms with E-state index in [4.69, 9.17) is 4.74 Å². The third-order valence-corrected chi connectivity index (χ3v) is 6.73. The van der Waals surface area contributed by atoms with Gasteiger partial charge in [0, 0.05) is 53.9 Å². The Hall–Kier alpha value is -2.96. The van der Waals surface area contributed by atoms with Gasteiger partial charge in [-0.25, -0.2) is 0 Å². The van der Waals surface area contributed by atoms with Crippen molar-refractivity contribution >= 4 is 45.0 Å². The van der Waals surface area contributed by atoms with E-state index in [1.807, 2.05) is 30.3 Å². The number of ketones is 1. The van der Waals surface area contributed by atoms with Crippen molar-refractivity contribution in [3.63, 3.8) is 0 Å². The number of fused-ring (bicyclic) bond motifs is 2. The normalized spacial score (nSPS) is 16.7. The Labute approximate surface area is 194 Å². The molecular weight excluding hydrogens is 414 g/mol. The molecule has 2 aliphatic rings. The number of rotatable bonds is 10. The molecule has 0 spiro atoms. The standard InChI is InChI=1S/C27H31N3O3/c31-18-25(32)27-21-5-2-1-4-20(21)16-22-23(29-17-19-6-7-19)8-9-24(26(22)27)28-10-3-11-30-12-14-33-15-13-30/h1-2,4-5,8-9,16,18-19,28-29H,3,6-7,10-15,17H2. The molecule has 0 bridgehead atoms. The largest absolute Gasteiger partial charge is 0.384 e. The molecule has 33 heavy (non-hydrogen) atoms. The summed E-state index contributed by atoms with van der Waals surface area (Å²) < 4.78 is 5.43. The molecular formula is C27H31N3O3. The molecule has 0 unspecified atom stereocenters. The van der Waals surface area contributed by atoms with Crippen LogP contribution in [0.15, 0.2) is 42.5 Å². The molecule has 1 saturated heterocycles. The van der Waals surface area contributed by atoms with Gasteiger partial charge < -0.3 is 15.4 Å². The van der Waals surface area contributed by atoms with E-state index in [1.165, 1.54) is 12.8 Å². The number of morpholine rings is 1. The maximum Gasteiger partial charge on any atom is 0.226 e. The van der Waals surface area contributed by atoms with Crippen LogP contribution in [0.1, 0.15) is 29.6 Å². The molecule has 1 saturated carbocycles. The molecule has 0 radical (unpaired) electrons. The van der Waals surface area contributed by atoms with Crippen LogP contribution in [0.25, 0.3) is 21.5 Å². The zero-order valence-electron chi connectivity index (χ0n) is 18.9. The Bertz CT molecular complexity index is 1170. The summed E-state index contributed by atoms with van der Waals surface area (Å²) in [6, 6.07) is 14.1. The highest BCUT2D eigenvalue weighted by Gasteiger charge is 2.23. The first kappa shape index (κ1) is 21.9. The van der Waals surface area contributed by atoms with Crippen molar-refractivity contribution in [2.75, 3.05) is 56.6 Å².